The monoisotopic (exact) mass is 292 g/mol. The van der Waals surface area contributed by atoms with Gasteiger partial charge in [0.1, 0.15) is 0 Å². The van der Waals surface area contributed by atoms with Gasteiger partial charge in [-0.25, -0.2) is 0 Å². The normalized spacial score (nSPS) is 4.60. The summed E-state index contributed by atoms with van der Waals surface area (Å²) in [6, 6.07) is 8.36. The topological polar surface area (TPSA) is 0 Å². The lowest BCUT2D eigenvalue weighted by atomic mass is 10.1. The maximum atomic E-state index is 2.12. The number of benzene rings is 1. The zero-order chi connectivity index (χ0) is 12.0. The van der Waals surface area contributed by atoms with Gasteiger partial charge >= 0.3 is 0 Å². The van der Waals surface area contributed by atoms with E-state index >= 15 is 0 Å². The van der Waals surface area contributed by atoms with Crippen LogP contribution in [0.5, 0.6) is 0 Å². The molecule has 0 fully saturated rings. The predicted octanol–water partition coefficient (Wildman–Crippen LogP) is 9.20. The molecule has 0 aromatic heterocycles. The van der Waals surface area contributed by atoms with Gasteiger partial charge in [0.2, 0.25) is 0 Å². The highest BCUT2D eigenvalue weighted by atomic mass is 13.9. The minimum atomic E-state index is 0. The van der Waals surface area contributed by atoms with E-state index < -0.39 is 0 Å². The molecule has 0 saturated carbocycles. The molecule has 20 heavy (non-hydrogen) atoms. The molecule has 0 spiro atoms. The van der Waals surface area contributed by atoms with Crippen molar-refractivity contribution in [2.24, 2.45) is 0 Å². The lowest BCUT2D eigenvalue weighted by Crippen LogP contribution is -1.74. The fourth-order valence-corrected chi connectivity index (χ4v) is 0.663. The van der Waals surface area contributed by atoms with Crippen molar-refractivity contribution in [1.29, 1.82) is 0 Å². The van der Waals surface area contributed by atoms with Crippen LogP contribution in [0.4, 0.5) is 0 Å². The maximum absolute atomic E-state index is 2.12. The fourth-order valence-electron chi connectivity index (χ4n) is 0.663. The van der Waals surface area contributed by atoms with Gasteiger partial charge in [0.05, 0.1) is 0 Å². The molecule has 0 atom stereocenters. The molecule has 0 heteroatoms. The van der Waals surface area contributed by atoms with Crippen molar-refractivity contribution in [3.63, 3.8) is 0 Å². The van der Waals surface area contributed by atoms with Crippen molar-refractivity contribution < 1.29 is 0 Å². The third-order valence-corrected chi connectivity index (χ3v) is 1.43. The molecular weight excluding hydrogens is 240 g/mol. The van der Waals surface area contributed by atoms with Gasteiger partial charge in [-0.3, -0.25) is 0 Å². The SMILES string of the molecule is C.C.C.C.C.C.CC.CC.CC.Cc1ccccc1C. The van der Waals surface area contributed by atoms with Gasteiger partial charge in [0.25, 0.3) is 0 Å². The highest BCUT2D eigenvalue weighted by Crippen LogP contribution is 2.02. The van der Waals surface area contributed by atoms with Gasteiger partial charge in [-0.2, -0.15) is 0 Å². The molecule has 0 radical (unpaired) electrons. The van der Waals surface area contributed by atoms with E-state index in [0.717, 1.165) is 0 Å². The molecule has 0 unspecified atom stereocenters. The Morgan fingerprint density at radius 2 is 0.600 bits per heavy atom. The zero-order valence-electron chi connectivity index (χ0n) is 11.3. The summed E-state index contributed by atoms with van der Waals surface area (Å²) in [4.78, 5) is 0. The van der Waals surface area contributed by atoms with Crippen LogP contribution in [-0.4, -0.2) is 0 Å². The van der Waals surface area contributed by atoms with Crippen LogP contribution in [0.15, 0.2) is 24.3 Å². The largest absolute Gasteiger partial charge is 0.0776 e. The van der Waals surface area contributed by atoms with Crippen LogP contribution in [0.25, 0.3) is 0 Å². The van der Waals surface area contributed by atoms with Gasteiger partial charge in [-0.1, -0.05) is 110 Å². The summed E-state index contributed by atoms with van der Waals surface area (Å²) in [6.07, 6.45) is 0. The minimum Gasteiger partial charge on any atom is -0.0776 e. The van der Waals surface area contributed by atoms with Gasteiger partial charge in [0, 0.05) is 0 Å². The van der Waals surface area contributed by atoms with Crippen molar-refractivity contribution in [2.75, 3.05) is 0 Å². The van der Waals surface area contributed by atoms with E-state index in [9.17, 15) is 0 Å². The van der Waals surface area contributed by atoms with Gasteiger partial charge in [-0.15, -0.1) is 0 Å². The smallest absolute Gasteiger partial charge is 0.0395 e. The van der Waals surface area contributed by atoms with E-state index in [1.165, 1.54) is 11.1 Å². The summed E-state index contributed by atoms with van der Waals surface area (Å²) in [5.41, 5.74) is 2.74. The molecule has 0 heterocycles. The summed E-state index contributed by atoms with van der Waals surface area (Å²) in [5, 5.41) is 0. The van der Waals surface area contributed by atoms with Crippen LogP contribution >= 0.6 is 0 Å². The minimum absolute atomic E-state index is 0. The molecule has 0 aliphatic carbocycles. The first-order chi connectivity index (χ1) is 6.80. The van der Waals surface area contributed by atoms with Crippen LogP contribution < -0.4 is 0 Å². The second-order valence-electron chi connectivity index (χ2n) is 2.08. The molecule has 0 saturated heterocycles. The third-order valence-electron chi connectivity index (χ3n) is 1.43. The van der Waals surface area contributed by atoms with Crippen LogP contribution in [0.1, 0.15) is 97.2 Å². The molecule has 1 aromatic carbocycles. The number of hydrogen-bond donors (Lipinski definition) is 0. The van der Waals surface area contributed by atoms with Crippen molar-refractivity contribution in [2.45, 2.75) is 99.9 Å². The first kappa shape index (κ1) is 61.1. The summed E-state index contributed by atoms with van der Waals surface area (Å²) < 4.78 is 0. The van der Waals surface area contributed by atoms with Crippen molar-refractivity contribution in [1.82, 2.24) is 0 Å². The van der Waals surface area contributed by atoms with Gasteiger partial charge in [-0.05, 0) is 25.0 Å². The fraction of sp³-hybridized carbons (Fsp3) is 0.700. The average molecular weight is 293 g/mol. The molecule has 0 aliphatic rings. The Morgan fingerprint density at radius 1 is 0.450 bits per heavy atom. The molecule has 0 N–H and O–H groups in total. The van der Waals surface area contributed by atoms with E-state index in [2.05, 4.69) is 38.1 Å². The number of aryl methyl sites for hydroxylation is 2. The van der Waals surface area contributed by atoms with Gasteiger partial charge < -0.3 is 0 Å². The molecule has 0 aliphatic heterocycles. The van der Waals surface area contributed by atoms with E-state index in [1.807, 2.05) is 41.5 Å². The standard InChI is InChI=1S/C8H10.3C2H6.6CH4/c1-7-5-3-4-6-8(7)2;3*1-2;;;;;;/h3-6H,1-2H3;3*1-2H3;6*1H4. The summed E-state index contributed by atoms with van der Waals surface area (Å²) in [6.45, 7) is 16.2. The Morgan fingerprint density at radius 3 is 0.700 bits per heavy atom. The molecule has 1 aromatic rings. The lowest BCUT2D eigenvalue weighted by molar-refractivity contribution is 1.34. The van der Waals surface area contributed by atoms with Crippen molar-refractivity contribution in [3.05, 3.63) is 35.4 Å². The Bertz CT molecular complexity index is 156. The number of rotatable bonds is 0. The average Bonchev–Trinajstić information content (AvgIpc) is 2.31. The van der Waals surface area contributed by atoms with Crippen LogP contribution in [-0.2, 0) is 0 Å². The van der Waals surface area contributed by atoms with Crippen LogP contribution in [0.3, 0.4) is 0 Å². The third kappa shape index (κ3) is 43.4. The zero-order valence-corrected chi connectivity index (χ0v) is 11.3. The highest BCUT2D eigenvalue weighted by molar-refractivity contribution is 5.23. The second-order valence-corrected chi connectivity index (χ2v) is 2.08. The Labute approximate surface area is 136 Å². The second kappa shape index (κ2) is 63.6. The quantitative estimate of drug-likeness (QED) is 0.447. The van der Waals surface area contributed by atoms with E-state index in [4.69, 9.17) is 0 Å². The summed E-state index contributed by atoms with van der Waals surface area (Å²) in [5.74, 6) is 0. The predicted molar refractivity (Wildman–Crippen MR) is 110 cm³/mol. The lowest BCUT2D eigenvalue weighted by Gasteiger charge is -1.93. The Balaban J connectivity index is -0.0000000131. The molecule has 0 nitrogen and oxygen atoms in total. The molecule has 0 amide bonds. The van der Waals surface area contributed by atoms with Crippen LogP contribution in [0.2, 0.25) is 0 Å². The Hall–Kier alpha value is -0.780. The van der Waals surface area contributed by atoms with E-state index in [0.29, 0.717) is 0 Å². The van der Waals surface area contributed by atoms with E-state index in [-0.39, 0.29) is 44.6 Å². The molecule has 0 bridgehead atoms. The molecule has 1 rings (SSSR count). The number of hydrogen-bond acceptors (Lipinski definition) is 0. The first-order valence-corrected chi connectivity index (χ1v) is 5.83. The van der Waals surface area contributed by atoms with E-state index in [1.54, 1.807) is 0 Å². The Kier molecular flexibility index (Phi) is 194. The molecular formula is C20H52. The molecule has 132 valence electrons. The van der Waals surface area contributed by atoms with Gasteiger partial charge in [0.15, 0.2) is 0 Å². The summed E-state index contributed by atoms with van der Waals surface area (Å²) in [7, 11) is 0. The highest BCUT2D eigenvalue weighted by Gasteiger charge is 1.83. The van der Waals surface area contributed by atoms with Crippen molar-refractivity contribution in [3.8, 4) is 0 Å². The first-order valence-electron chi connectivity index (χ1n) is 5.83. The van der Waals surface area contributed by atoms with Crippen LogP contribution in [0, 0.1) is 13.8 Å². The van der Waals surface area contributed by atoms with Crippen molar-refractivity contribution >= 4 is 0 Å². The maximum Gasteiger partial charge on any atom is -0.0395 e. The summed E-state index contributed by atoms with van der Waals surface area (Å²) >= 11 is 0.